The maximum atomic E-state index is 13.1. The highest BCUT2D eigenvalue weighted by molar-refractivity contribution is 7.17. The van der Waals surface area contributed by atoms with Crippen molar-refractivity contribution in [2.24, 2.45) is 0 Å². The molecule has 0 aliphatic heterocycles. The van der Waals surface area contributed by atoms with Crippen LogP contribution in [0.15, 0.2) is 24.3 Å². The van der Waals surface area contributed by atoms with Crippen molar-refractivity contribution in [3.8, 4) is 0 Å². The number of hydrogen-bond acceptors (Lipinski definition) is 3. The molecule has 1 aromatic carbocycles. The molecule has 6 heteroatoms. The number of anilines is 1. The van der Waals surface area contributed by atoms with Crippen molar-refractivity contribution in [3.05, 3.63) is 51.7 Å². The minimum absolute atomic E-state index is 0.118. The highest BCUT2D eigenvalue weighted by Crippen LogP contribution is 2.38. The molecule has 0 radical (unpaired) electrons. The minimum atomic E-state index is -0.385. The number of fused-ring (bicyclic) bond motifs is 1. The van der Waals surface area contributed by atoms with E-state index in [1.54, 1.807) is 0 Å². The van der Waals surface area contributed by atoms with E-state index in [4.69, 9.17) is 0 Å². The van der Waals surface area contributed by atoms with Crippen molar-refractivity contribution in [1.82, 2.24) is 5.32 Å². The van der Waals surface area contributed by atoms with Crippen molar-refractivity contribution < 1.29 is 14.0 Å². The van der Waals surface area contributed by atoms with Crippen LogP contribution in [0.5, 0.6) is 0 Å². The van der Waals surface area contributed by atoms with Gasteiger partial charge in [-0.25, -0.2) is 4.39 Å². The van der Waals surface area contributed by atoms with Gasteiger partial charge in [-0.05, 0) is 61.9 Å². The molecule has 0 bridgehead atoms. The van der Waals surface area contributed by atoms with Crippen LogP contribution in [-0.2, 0) is 12.8 Å². The molecule has 138 valence electrons. The lowest BCUT2D eigenvalue weighted by molar-refractivity contribution is 0.0953. The Kier molecular flexibility index (Phi) is 6.04. The van der Waals surface area contributed by atoms with E-state index >= 15 is 0 Å². The highest BCUT2D eigenvalue weighted by atomic mass is 32.1. The van der Waals surface area contributed by atoms with Crippen LogP contribution >= 0.6 is 11.3 Å². The van der Waals surface area contributed by atoms with Gasteiger partial charge >= 0.3 is 0 Å². The van der Waals surface area contributed by atoms with Crippen LogP contribution in [0.1, 0.15) is 63.8 Å². The molecule has 0 atom stereocenters. The van der Waals surface area contributed by atoms with Gasteiger partial charge in [0.2, 0.25) is 0 Å². The summed E-state index contributed by atoms with van der Waals surface area (Å²) in [5.74, 6) is -0.831. The summed E-state index contributed by atoms with van der Waals surface area (Å²) in [5.41, 5.74) is 2.05. The number of rotatable bonds is 6. The topological polar surface area (TPSA) is 58.2 Å². The van der Waals surface area contributed by atoms with Gasteiger partial charge in [0.15, 0.2) is 0 Å². The molecular weight excluding hydrogens is 351 g/mol. The average Bonchev–Trinajstić information content (AvgIpc) is 3.00. The van der Waals surface area contributed by atoms with Gasteiger partial charge in [-0.3, -0.25) is 9.59 Å². The molecule has 4 nitrogen and oxygen atoms in total. The van der Waals surface area contributed by atoms with Gasteiger partial charge in [0.05, 0.1) is 5.56 Å². The minimum Gasteiger partial charge on any atom is -0.352 e. The van der Waals surface area contributed by atoms with Crippen LogP contribution in [0.25, 0.3) is 0 Å². The molecule has 1 aliphatic rings. The quantitative estimate of drug-likeness (QED) is 0.729. The van der Waals surface area contributed by atoms with E-state index in [1.165, 1.54) is 40.5 Å². The molecule has 0 spiro atoms. The average molecular weight is 374 g/mol. The zero-order valence-electron chi connectivity index (χ0n) is 14.9. The summed E-state index contributed by atoms with van der Waals surface area (Å²) < 4.78 is 13.1. The van der Waals surface area contributed by atoms with Crippen LogP contribution < -0.4 is 10.6 Å². The lowest BCUT2D eigenvalue weighted by atomic mass is 9.95. The number of amides is 2. The number of halogens is 1. The summed E-state index contributed by atoms with van der Waals surface area (Å²) in [6, 6.07) is 5.40. The van der Waals surface area contributed by atoms with Crippen LogP contribution in [-0.4, -0.2) is 18.4 Å². The van der Waals surface area contributed by atoms with Crippen LogP contribution in [0.2, 0.25) is 0 Å². The number of aryl methyl sites for hydroxylation is 1. The third kappa shape index (κ3) is 4.12. The molecule has 0 fully saturated rings. The van der Waals surface area contributed by atoms with Gasteiger partial charge in [-0.2, -0.15) is 0 Å². The first-order valence-corrected chi connectivity index (χ1v) is 9.91. The summed E-state index contributed by atoms with van der Waals surface area (Å²) in [6.45, 7) is 2.71. The van der Waals surface area contributed by atoms with Crippen molar-refractivity contribution in [2.45, 2.75) is 45.4 Å². The zero-order valence-corrected chi connectivity index (χ0v) is 15.7. The van der Waals surface area contributed by atoms with Gasteiger partial charge in [-0.15, -0.1) is 11.3 Å². The molecule has 0 unspecified atom stereocenters. The van der Waals surface area contributed by atoms with Crippen molar-refractivity contribution in [1.29, 1.82) is 0 Å². The molecule has 1 heterocycles. The fourth-order valence-corrected chi connectivity index (χ4v) is 4.42. The van der Waals surface area contributed by atoms with E-state index in [0.29, 0.717) is 22.7 Å². The van der Waals surface area contributed by atoms with Gasteiger partial charge < -0.3 is 10.6 Å². The summed E-state index contributed by atoms with van der Waals surface area (Å²) in [7, 11) is 0. The standard InChI is InChI=1S/C20H23FN2O2S/c1-2-3-12-22-19(25)17-15-6-4-5-7-16(15)26-20(17)23-18(24)13-8-10-14(21)11-9-13/h8-11H,2-7,12H2,1H3,(H,22,25)(H,23,24). The van der Waals surface area contributed by atoms with Gasteiger partial charge in [0.25, 0.3) is 11.8 Å². The van der Waals surface area contributed by atoms with Gasteiger partial charge in [0.1, 0.15) is 10.8 Å². The predicted molar refractivity (Wildman–Crippen MR) is 103 cm³/mol. The molecule has 0 saturated carbocycles. The SMILES string of the molecule is CCCCNC(=O)c1c(NC(=O)c2ccc(F)cc2)sc2c1CCCC2. The number of thiophene rings is 1. The second kappa shape index (κ2) is 8.45. The number of hydrogen-bond donors (Lipinski definition) is 2. The van der Waals surface area contributed by atoms with Crippen molar-refractivity contribution in [3.63, 3.8) is 0 Å². The normalized spacial score (nSPS) is 13.2. The third-order valence-electron chi connectivity index (χ3n) is 4.55. The smallest absolute Gasteiger partial charge is 0.256 e. The third-order valence-corrected chi connectivity index (χ3v) is 5.75. The van der Waals surface area contributed by atoms with Crippen LogP contribution in [0.4, 0.5) is 9.39 Å². The number of benzene rings is 1. The monoisotopic (exact) mass is 374 g/mol. The van der Waals surface area contributed by atoms with E-state index in [1.807, 2.05) is 0 Å². The zero-order chi connectivity index (χ0) is 18.5. The summed E-state index contributed by atoms with van der Waals surface area (Å²) in [4.78, 5) is 26.4. The molecule has 26 heavy (non-hydrogen) atoms. The maximum Gasteiger partial charge on any atom is 0.256 e. The van der Waals surface area contributed by atoms with E-state index < -0.39 is 0 Å². The molecule has 2 N–H and O–H groups in total. The van der Waals surface area contributed by atoms with Crippen molar-refractivity contribution >= 4 is 28.2 Å². The molecule has 2 aromatic rings. The second-order valence-corrected chi connectivity index (χ2v) is 7.59. The molecule has 2 amide bonds. The molecule has 1 aromatic heterocycles. The molecule has 1 aliphatic carbocycles. The number of unbranched alkanes of at least 4 members (excludes halogenated alkanes) is 1. The Morgan fingerprint density at radius 1 is 1.12 bits per heavy atom. The predicted octanol–water partition coefficient (Wildman–Crippen LogP) is 4.55. The Balaban J connectivity index is 1.85. The van der Waals surface area contributed by atoms with Gasteiger partial charge in [-0.1, -0.05) is 13.3 Å². The summed E-state index contributed by atoms with van der Waals surface area (Å²) in [6.07, 6.45) is 5.92. The highest BCUT2D eigenvalue weighted by Gasteiger charge is 2.26. The Morgan fingerprint density at radius 2 is 1.85 bits per heavy atom. The second-order valence-electron chi connectivity index (χ2n) is 6.49. The molecule has 3 rings (SSSR count). The van der Waals surface area contributed by atoms with Gasteiger partial charge in [0, 0.05) is 17.0 Å². The molecular formula is C20H23FN2O2S. The number of nitrogens with one attached hydrogen (secondary N) is 2. The maximum absolute atomic E-state index is 13.1. The van der Waals surface area contributed by atoms with Crippen molar-refractivity contribution in [2.75, 3.05) is 11.9 Å². The first kappa shape index (κ1) is 18.6. The van der Waals surface area contributed by atoms with Crippen LogP contribution in [0, 0.1) is 5.82 Å². The Labute approximate surface area is 156 Å². The number of carbonyl (C=O) groups is 2. The lowest BCUT2D eigenvalue weighted by Crippen LogP contribution is -2.26. The fraction of sp³-hybridized carbons (Fsp3) is 0.400. The fourth-order valence-electron chi connectivity index (χ4n) is 3.14. The number of carbonyl (C=O) groups excluding carboxylic acids is 2. The van der Waals surface area contributed by atoms with E-state index in [-0.39, 0.29) is 17.6 Å². The first-order valence-electron chi connectivity index (χ1n) is 9.09. The van der Waals surface area contributed by atoms with E-state index in [9.17, 15) is 14.0 Å². The van der Waals surface area contributed by atoms with Crippen LogP contribution in [0.3, 0.4) is 0 Å². The molecule has 0 saturated heterocycles. The largest absolute Gasteiger partial charge is 0.352 e. The lowest BCUT2D eigenvalue weighted by Gasteiger charge is -2.13. The summed E-state index contributed by atoms with van der Waals surface area (Å²) >= 11 is 1.49. The Hall–Kier alpha value is -2.21. The Bertz CT molecular complexity index is 799. The summed E-state index contributed by atoms with van der Waals surface area (Å²) in [5, 5.41) is 6.43. The first-order chi connectivity index (χ1) is 12.6. The Morgan fingerprint density at radius 3 is 2.58 bits per heavy atom. The van der Waals surface area contributed by atoms with E-state index in [2.05, 4.69) is 17.6 Å². The van der Waals surface area contributed by atoms with E-state index in [0.717, 1.165) is 44.1 Å².